The fourth-order valence-electron chi connectivity index (χ4n) is 3.37. The van der Waals surface area contributed by atoms with Crippen molar-refractivity contribution in [3.05, 3.63) is 23.9 Å². The summed E-state index contributed by atoms with van der Waals surface area (Å²) in [5.41, 5.74) is 0.569. The van der Waals surface area contributed by atoms with Crippen molar-refractivity contribution in [2.75, 3.05) is 57.3 Å². The number of nitrogens with one attached hydrogen (secondary N) is 1. The Morgan fingerprint density at radius 2 is 1.88 bits per heavy atom. The summed E-state index contributed by atoms with van der Waals surface area (Å²) >= 11 is 0. The second-order valence-electron chi connectivity index (χ2n) is 6.61. The van der Waals surface area contributed by atoms with Crippen LogP contribution in [-0.4, -0.2) is 79.0 Å². The number of nitrogens with zero attached hydrogens (tertiary/aromatic N) is 5. The molecule has 1 aromatic heterocycles. The molecule has 0 aliphatic carbocycles. The molecule has 0 atom stereocenters. The summed E-state index contributed by atoms with van der Waals surface area (Å²) in [5, 5.41) is 11.9. The number of rotatable bonds is 5. The molecule has 0 radical (unpaired) electrons. The molecular weight excluding hydrogens is 332 g/mol. The minimum absolute atomic E-state index is 0.000135. The predicted molar refractivity (Wildman–Crippen MR) is 96.4 cm³/mol. The number of carbonyl (C=O) groups is 2. The normalized spacial score (nSPS) is 17.8. The van der Waals surface area contributed by atoms with Gasteiger partial charge in [0.25, 0.3) is 0 Å². The summed E-state index contributed by atoms with van der Waals surface area (Å²) in [5.74, 6) is 0.580. The number of amides is 2. The second kappa shape index (κ2) is 8.63. The minimum atomic E-state index is -0.124. The third-order valence-corrected chi connectivity index (χ3v) is 4.84. The molecule has 1 N–H and O–H groups in total. The summed E-state index contributed by atoms with van der Waals surface area (Å²) in [7, 11) is 0. The van der Waals surface area contributed by atoms with Crippen LogP contribution in [0.2, 0.25) is 0 Å². The van der Waals surface area contributed by atoms with Gasteiger partial charge in [0.2, 0.25) is 11.8 Å². The van der Waals surface area contributed by atoms with E-state index in [1.807, 2.05) is 0 Å². The maximum absolute atomic E-state index is 12.1. The number of hydrogen-bond acceptors (Lipinski definition) is 6. The largest absolute Gasteiger partial charge is 0.353 e. The van der Waals surface area contributed by atoms with E-state index in [4.69, 9.17) is 0 Å². The van der Waals surface area contributed by atoms with Crippen LogP contribution in [0.25, 0.3) is 0 Å². The van der Waals surface area contributed by atoms with Gasteiger partial charge in [-0.3, -0.25) is 14.5 Å². The number of piperazine rings is 1. The average molecular weight is 356 g/mol. The molecule has 8 nitrogen and oxygen atoms in total. The summed E-state index contributed by atoms with van der Waals surface area (Å²) in [6.07, 6.45) is 3.79. The lowest BCUT2D eigenvalue weighted by atomic mass is 10.2. The molecule has 2 aliphatic rings. The number of pyridine rings is 1. The van der Waals surface area contributed by atoms with E-state index in [0.29, 0.717) is 24.5 Å². The number of hydrogen-bond donors (Lipinski definition) is 1. The molecule has 0 aromatic carbocycles. The number of anilines is 1. The summed E-state index contributed by atoms with van der Waals surface area (Å²) in [4.78, 5) is 34.3. The molecule has 0 bridgehead atoms. The average Bonchev–Trinajstić information content (AvgIpc) is 3.21. The van der Waals surface area contributed by atoms with Crippen molar-refractivity contribution in [3.8, 4) is 6.07 Å². The number of likely N-dealkylation sites (tertiary alicyclic amines) is 1. The Kier molecular flexibility index (Phi) is 6.02. The first-order valence-electron chi connectivity index (χ1n) is 9.04. The maximum atomic E-state index is 12.1. The molecule has 0 saturated carbocycles. The molecular formula is C18H24N6O2. The van der Waals surface area contributed by atoms with Crippen LogP contribution >= 0.6 is 0 Å². The number of aromatic nitrogens is 1. The zero-order valence-electron chi connectivity index (χ0n) is 14.9. The van der Waals surface area contributed by atoms with Gasteiger partial charge in [-0.15, -0.1) is 0 Å². The molecule has 2 fully saturated rings. The Labute approximate surface area is 153 Å². The van der Waals surface area contributed by atoms with Crippen LogP contribution in [0.3, 0.4) is 0 Å². The van der Waals surface area contributed by atoms with E-state index in [1.165, 1.54) is 0 Å². The van der Waals surface area contributed by atoms with E-state index in [1.54, 1.807) is 23.2 Å². The number of carbonyl (C=O) groups excluding carboxylic acids is 2. The lowest BCUT2D eigenvalue weighted by molar-refractivity contribution is -0.132. The maximum Gasteiger partial charge on any atom is 0.241 e. The zero-order chi connectivity index (χ0) is 18.4. The molecule has 0 unspecified atom stereocenters. The lowest BCUT2D eigenvalue weighted by Crippen LogP contribution is -2.50. The third kappa shape index (κ3) is 4.49. The first-order valence-corrected chi connectivity index (χ1v) is 9.04. The molecule has 1 aromatic rings. The van der Waals surface area contributed by atoms with Gasteiger partial charge in [0.15, 0.2) is 0 Å². The van der Waals surface area contributed by atoms with Crippen molar-refractivity contribution >= 4 is 17.6 Å². The Morgan fingerprint density at radius 3 is 2.58 bits per heavy atom. The lowest BCUT2D eigenvalue weighted by Gasteiger charge is -2.35. The van der Waals surface area contributed by atoms with Gasteiger partial charge in [-0.25, -0.2) is 4.98 Å². The second-order valence-corrected chi connectivity index (χ2v) is 6.61. The zero-order valence-corrected chi connectivity index (χ0v) is 14.9. The van der Waals surface area contributed by atoms with Crippen LogP contribution in [-0.2, 0) is 9.59 Å². The minimum Gasteiger partial charge on any atom is -0.353 e. The van der Waals surface area contributed by atoms with Crippen molar-refractivity contribution in [1.29, 1.82) is 5.26 Å². The SMILES string of the molecule is N#Cc1cccnc1N1CCN(CC(=O)NCC(=O)N2CCCC2)CC1. The van der Waals surface area contributed by atoms with E-state index in [9.17, 15) is 14.9 Å². The first kappa shape index (κ1) is 18.1. The highest BCUT2D eigenvalue weighted by Gasteiger charge is 2.22. The summed E-state index contributed by atoms with van der Waals surface area (Å²) in [6.45, 7) is 4.83. The predicted octanol–water partition coefficient (Wildman–Crippen LogP) is -0.186. The summed E-state index contributed by atoms with van der Waals surface area (Å²) < 4.78 is 0. The highest BCUT2D eigenvalue weighted by Crippen LogP contribution is 2.17. The molecule has 26 heavy (non-hydrogen) atoms. The molecule has 8 heteroatoms. The fourth-order valence-corrected chi connectivity index (χ4v) is 3.37. The van der Waals surface area contributed by atoms with Gasteiger partial charge < -0.3 is 15.1 Å². The standard InChI is InChI=1S/C18H24N6O2/c19-12-15-4-3-5-20-18(15)24-10-8-22(9-11-24)14-16(25)21-13-17(26)23-6-1-2-7-23/h3-5H,1-2,6-11,13-14H2,(H,21,25). The molecule has 2 amide bonds. The molecule has 0 spiro atoms. The topological polar surface area (TPSA) is 92.6 Å². The van der Waals surface area contributed by atoms with Crippen molar-refractivity contribution in [2.45, 2.75) is 12.8 Å². The summed E-state index contributed by atoms with van der Waals surface area (Å²) in [6, 6.07) is 5.69. The van der Waals surface area contributed by atoms with Gasteiger partial charge in [-0.05, 0) is 25.0 Å². The van der Waals surface area contributed by atoms with Gasteiger partial charge in [-0.2, -0.15) is 5.26 Å². The molecule has 138 valence electrons. The monoisotopic (exact) mass is 356 g/mol. The molecule has 3 heterocycles. The highest BCUT2D eigenvalue weighted by atomic mass is 16.2. The highest BCUT2D eigenvalue weighted by molar-refractivity contribution is 5.85. The fraction of sp³-hybridized carbons (Fsp3) is 0.556. The quantitative estimate of drug-likeness (QED) is 0.786. The van der Waals surface area contributed by atoms with Crippen LogP contribution in [0, 0.1) is 11.3 Å². The number of nitriles is 1. The Hall–Kier alpha value is -2.66. The Morgan fingerprint density at radius 1 is 1.15 bits per heavy atom. The van der Waals surface area contributed by atoms with Gasteiger partial charge in [0.1, 0.15) is 11.9 Å². The van der Waals surface area contributed by atoms with Crippen LogP contribution < -0.4 is 10.2 Å². The van der Waals surface area contributed by atoms with E-state index < -0.39 is 0 Å². The third-order valence-electron chi connectivity index (χ3n) is 4.84. The van der Waals surface area contributed by atoms with Gasteiger partial charge >= 0.3 is 0 Å². The molecule has 3 rings (SSSR count). The van der Waals surface area contributed by atoms with Gasteiger partial charge in [0.05, 0.1) is 18.7 Å². The smallest absolute Gasteiger partial charge is 0.241 e. The van der Waals surface area contributed by atoms with E-state index in [-0.39, 0.29) is 24.9 Å². The van der Waals surface area contributed by atoms with Crippen molar-refractivity contribution in [1.82, 2.24) is 20.1 Å². The van der Waals surface area contributed by atoms with Crippen molar-refractivity contribution in [3.63, 3.8) is 0 Å². The van der Waals surface area contributed by atoms with E-state index >= 15 is 0 Å². The van der Waals surface area contributed by atoms with Gasteiger partial charge in [0, 0.05) is 45.5 Å². The van der Waals surface area contributed by atoms with Crippen molar-refractivity contribution < 1.29 is 9.59 Å². The van der Waals surface area contributed by atoms with E-state index in [2.05, 4.69) is 26.2 Å². The first-order chi connectivity index (χ1) is 12.7. The van der Waals surface area contributed by atoms with Gasteiger partial charge in [-0.1, -0.05) is 0 Å². The molecule has 2 saturated heterocycles. The van der Waals surface area contributed by atoms with Crippen LogP contribution in [0.5, 0.6) is 0 Å². The Bertz CT molecular complexity index is 687. The molecule has 2 aliphatic heterocycles. The van der Waals surface area contributed by atoms with Crippen LogP contribution in [0.4, 0.5) is 5.82 Å². The van der Waals surface area contributed by atoms with Crippen LogP contribution in [0.1, 0.15) is 18.4 Å². The Balaban J connectivity index is 1.41. The van der Waals surface area contributed by atoms with Crippen molar-refractivity contribution in [2.24, 2.45) is 0 Å². The van der Waals surface area contributed by atoms with E-state index in [0.717, 1.165) is 39.0 Å². The van der Waals surface area contributed by atoms with Crippen LogP contribution in [0.15, 0.2) is 18.3 Å².